The van der Waals surface area contributed by atoms with Gasteiger partial charge in [-0.15, -0.1) is 24.0 Å². The maximum atomic E-state index is 11.8. The van der Waals surface area contributed by atoms with Gasteiger partial charge in [-0.3, -0.25) is 4.79 Å². The largest absolute Gasteiger partial charge is 0.357 e. The van der Waals surface area contributed by atoms with Gasteiger partial charge in [-0.1, -0.05) is 37.6 Å². The zero-order chi connectivity index (χ0) is 22.2. The minimum atomic E-state index is -0.0433. The first-order valence-corrected chi connectivity index (χ1v) is 11.1. The zero-order valence-corrected chi connectivity index (χ0v) is 21.9. The van der Waals surface area contributed by atoms with Crippen LogP contribution >= 0.6 is 35.6 Å². The van der Waals surface area contributed by atoms with Gasteiger partial charge in [-0.25, -0.2) is 9.98 Å². The van der Waals surface area contributed by atoms with Crippen LogP contribution in [0.15, 0.2) is 47.6 Å². The molecule has 1 aliphatic rings. The minimum absolute atomic E-state index is 0. The van der Waals surface area contributed by atoms with Crippen LogP contribution in [0.5, 0.6) is 0 Å². The number of aromatic nitrogens is 1. The van der Waals surface area contributed by atoms with Crippen molar-refractivity contribution in [3.8, 4) is 0 Å². The van der Waals surface area contributed by atoms with Gasteiger partial charge in [0.05, 0.1) is 11.6 Å². The molecule has 7 nitrogen and oxygen atoms in total. The van der Waals surface area contributed by atoms with Crippen molar-refractivity contribution in [1.82, 2.24) is 15.6 Å². The molecule has 1 aromatic heterocycles. The third-order valence-electron chi connectivity index (χ3n) is 5.08. The molecule has 174 valence electrons. The summed E-state index contributed by atoms with van der Waals surface area (Å²) in [6.07, 6.45) is 2.76. The van der Waals surface area contributed by atoms with Crippen molar-refractivity contribution in [2.45, 2.75) is 39.8 Å². The second-order valence-electron chi connectivity index (χ2n) is 7.92. The average molecular weight is 571 g/mol. The number of aliphatic imine (C=N–C) groups is 1. The Morgan fingerprint density at radius 3 is 2.69 bits per heavy atom. The maximum absolute atomic E-state index is 11.8. The van der Waals surface area contributed by atoms with Crippen LogP contribution < -0.4 is 20.9 Å². The van der Waals surface area contributed by atoms with Crippen LogP contribution in [-0.4, -0.2) is 42.5 Å². The molecule has 1 saturated heterocycles. The third kappa shape index (κ3) is 7.51. The third-order valence-corrected chi connectivity index (χ3v) is 5.37. The molecule has 3 N–H and O–H groups in total. The fourth-order valence-electron chi connectivity index (χ4n) is 3.34. The van der Waals surface area contributed by atoms with Crippen LogP contribution in [0.2, 0.25) is 5.02 Å². The number of carbonyl (C=O) groups is 1. The first kappa shape index (κ1) is 26.2. The van der Waals surface area contributed by atoms with E-state index in [1.807, 2.05) is 50.2 Å². The lowest BCUT2D eigenvalue weighted by atomic mass is 10.1. The number of hydrogen-bond donors (Lipinski definition) is 3. The first-order chi connectivity index (χ1) is 15.0. The molecular weight excluding hydrogens is 539 g/mol. The standard InChI is InChI=1S/C23H31ClN6O.HI/c1-4-25-23(27-14-17-7-9-18(10-8-17)28-22(31)16(2)3)29-19-11-13-30(15-19)21-20(24)6-5-12-26-21;/h5-10,12,16,19H,4,11,13-15H2,1-3H3,(H,28,31)(H2,25,27,29);1H. The average Bonchev–Trinajstić information content (AvgIpc) is 3.21. The number of pyridine rings is 1. The van der Waals surface area contributed by atoms with Crippen molar-refractivity contribution in [3.63, 3.8) is 0 Å². The Morgan fingerprint density at radius 1 is 1.28 bits per heavy atom. The summed E-state index contributed by atoms with van der Waals surface area (Å²) in [5, 5.41) is 10.4. The van der Waals surface area contributed by atoms with Crippen LogP contribution in [0, 0.1) is 5.92 Å². The number of nitrogens with zero attached hydrogens (tertiary/aromatic N) is 3. The van der Waals surface area contributed by atoms with Gasteiger partial charge in [0, 0.05) is 43.5 Å². The Hall–Kier alpha value is -2.07. The second kappa shape index (κ2) is 12.8. The number of halogens is 2. The van der Waals surface area contributed by atoms with Gasteiger partial charge in [-0.05, 0) is 43.2 Å². The lowest BCUT2D eigenvalue weighted by Crippen LogP contribution is -2.44. The van der Waals surface area contributed by atoms with Gasteiger partial charge in [0.25, 0.3) is 0 Å². The lowest BCUT2D eigenvalue weighted by Gasteiger charge is -2.20. The minimum Gasteiger partial charge on any atom is -0.357 e. The fourth-order valence-corrected chi connectivity index (χ4v) is 3.59. The number of carbonyl (C=O) groups excluding carboxylic acids is 1. The number of anilines is 2. The zero-order valence-electron chi connectivity index (χ0n) is 18.8. The molecule has 1 atom stereocenters. The van der Waals surface area contributed by atoms with Crippen LogP contribution in [0.25, 0.3) is 0 Å². The molecule has 3 rings (SSSR count). The van der Waals surface area contributed by atoms with E-state index in [9.17, 15) is 4.79 Å². The van der Waals surface area contributed by atoms with Crippen molar-refractivity contribution < 1.29 is 4.79 Å². The fraction of sp³-hybridized carbons (Fsp3) is 0.435. The highest BCUT2D eigenvalue weighted by molar-refractivity contribution is 14.0. The Labute approximate surface area is 212 Å². The smallest absolute Gasteiger partial charge is 0.226 e. The van der Waals surface area contributed by atoms with Crippen LogP contribution in [0.3, 0.4) is 0 Å². The summed E-state index contributed by atoms with van der Waals surface area (Å²) in [7, 11) is 0. The Balaban J connectivity index is 0.00000363. The number of hydrogen-bond acceptors (Lipinski definition) is 4. The van der Waals surface area contributed by atoms with E-state index in [4.69, 9.17) is 16.6 Å². The second-order valence-corrected chi connectivity index (χ2v) is 8.33. The number of benzene rings is 1. The van der Waals surface area contributed by atoms with Crippen molar-refractivity contribution >= 4 is 58.9 Å². The van der Waals surface area contributed by atoms with E-state index in [1.54, 1.807) is 6.20 Å². The number of rotatable bonds is 7. The molecule has 2 aromatic rings. The lowest BCUT2D eigenvalue weighted by molar-refractivity contribution is -0.118. The number of nitrogens with one attached hydrogen (secondary N) is 3. The summed E-state index contributed by atoms with van der Waals surface area (Å²) >= 11 is 6.30. The highest BCUT2D eigenvalue weighted by Crippen LogP contribution is 2.25. The summed E-state index contributed by atoms with van der Waals surface area (Å²) in [6, 6.07) is 11.8. The van der Waals surface area contributed by atoms with E-state index in [1.165, 1.54) is 0 Å². The highest BCUT2D eigenvalue weighted by atomic mass is 127. The van der Waals surface area contributed by atoms with E-state index in [0.29, 0.717) is 11.6 Å². The van der Waals surface area contributed by atoms with E-state index in [0.717, 1.165) is 49.1 Å². The van der Waals surface area contributed by atoms with Gasteiger partial charge >= 0.3 is 0 Å². The molecule has 32 heavy (non-hydrogen) atoms. The molecule has 1 aromatic carbocycles. The summed E-state index contributed by atoms with van der Waals surface area (Å²) in [6.45, 7) is 8.87. The molecular formula is C23H32ClIN6O. The quantitative estimate of drug-likeness (QED) is 0.263. The molecule has 0 spiro atoms. The van der Waals surface area contributed by atoms with Gasteiger partial charge in [-0.2, -0.15) is 0 Å². The van der Waals surface area contributed by atoms with Crippen molar-refractivity contribution in [2.24, 2.45) is 10.9 Å². The van der Waals surface area contributed by atoms with Crippen molar-refractivity contribution in [1.29, 1.82) is 0 Å². The predicted octanol–water partition coefficient (Wildman–Crippen LogP) is 4.28. The summed E-state index contributed by atoms with van der Waals surface area (Å²) in [4.78, 5) is 23.2. The van der Waals surface area contributed by atoms with E-state index in [2.05, 4.69) is 32.8 Å². The topological polar surface area (TPSA) is 81.6 Å². The molecule has 9 heteroatoms. The predicted molar refractivity (Wildman–Crippen MR) is 143 cm³/mol. The number of amides is 1. The van der Waals surface area contributed by atoms with Crippen molar-refractivity contribution in [2.75, 3.05) is 29.9 Å². The molecule has 1 fully saturated rings. The summed E-state index contributed by atoms with van der Waals surface area (Å²) in [5.41, 5.74) is 1.88. The SMILES string of the molecule is CCNC(=NCc1ccc(NC(=O)C(C)C)cc1)NC1CCN(c2ncccc2Cl)C1.I. The Bertz CT molecular complexity index is 906. The molecule has 0 aliphatic carbocycles. The Kier molecular flexibility index (Phi) is 10.5. The molecule has 0 saturated carbocycles. The van der Waals surface area contributed by atoms with Crippen LogP contribution in [0.1, 0.15) is 32.8 Å². The molecule has 0 radical (unpaired) electrons. The highest BCUT2D eigenvalue weighted by Gasteiger charge is 2.25. The van der Waals surface area contributed by atoms with Gasteiger partial charge < -0.3 is 20.9 Å². The van der Waals surface area contributed by atoms with Crippen molar-refractivity contribution in [3.05, 3.63) is 53.2 Å². The maximum Gasteiger partial charge on any atom is 0.226 e. The van der Waals surface area contributed by atoms with Gasteiger partial charge in [0.15, 0.2) is 5.96 Å². The van der Waals surface area contributed by atoms with Crippen LogP contribution in [-0.2, 0) is 11.3 Å². The Morgan fingerprint density at radius 2 is 2.03 bits per heavy atom. The van der Waals surface area contributed by atoms with E-state index in [-0.39, 0.29) is 41.8 Å². The molecule has 1 unspecified atom stereocenters. The molecule has 1 amide bonds. The normalized spacial score (nSPS) is 16.0. The molecule has 2 heterocycles. The molecule has 1 aliphatic heterocycles. The van der Waals surface area contributed by atoms with E-state index >= 15 is 0 Å². The molecule has 0 bridgehead atoms. The first-order valence-electron chi connectivity index (χ1n) is 10.8. The summed E-state index contributed by atoms with van der Waals surface area (Å²) in [5.74, 6) is 1.60. The number of guanidine groups is 1. The monoisotopic (exact) mass is 570 g/mol. The van der Waals surface area contributed by atoms with E-state index < -0.39 is 0 Å². The van der Waals surface area contributed by atoms with Gasteiger partial charge in [0.2, 0.25) is 5.91 Å². The van der Waals surface area contributed by atoms with Crippen LogP contribution in [0.4, 0.5) is 11.5 Å². The van der Waals surface area contributed by atoms with Gasteiger partial charge in [0.1, 0.15) is 5.82 Å². The summed E-state index contributed by atoms with van der Waals surface area (Å²) < 4.78 is 0.